The first-order valence-corrected chi connectivity index (χ1v) is 11.7. The molecule has 174 valence electrons. The first-order valence-electron chi connectivity index (χ1n) is 10.2. The van der Waals surface area contributed by atoms with Crippen molar-refractivity contribution in [1.29, 1.82) is 0 Å². The van der Waals surface area contributed by atoms with Crippen LogP contribution in [0.5, 0.6) is 11.5 Å². The molecule has 0 aliphatic rings. The molecular weight excluding hydrogens is 447 g/mol. The van der Waals surface area contributed by atoms with Gasteiger partial charge < -0.3 is 14.8 Å². The monoisotopic (exact) mass is 472 g/mol. The molecular formula is C24H25FN2O5S. The van der Waals surface area contributed by atoms with Gasteiger partial charge in [0.1, 0.15) is 17.3 Å². The molecule has 3 aromatic carbocycles. The second-order valence-electron chi connectivity index (χ2n) is 7.29. The molecule has 0 bridgehead atoms. The third-order valence-electron chi connectivity index (χ3n) is 4.71. The molecule has 0 unspecified atom stereocenters. The fourth-order valence-electron chi connectivity index (χ4n) is 3.01. The normalized spacial score (nSPS) is 11.0. The molecule has 33 heavy (non-hydrogen) atoms. The Hall–Kier alpha value is -3.59. The molecule has 0 saturated carbocycles. The smallest absolute Gasteiger partial charge is 0.262 e. The summed E-state index contributed by atoms with van der Waals surface area (Å²) in [5.74, 6) is 0.0933. The lowest BCUT2D eigenvalue weighted by atomic mass is 10.2. The maximum atomic E-state index is 13.4. The van der Waals surface area contributed by atoms with Crippen LogP contribution >= 0.6 is 0 Å². The Morgan fingerprint density at radius 1 is 0.939 bits per heavy atom. The Morgan fingerprint density at radius 2 is 1.67 bits per heavy atom. The zero-order valence-electron chi connectivity index (χ0n) is 18.5. The average molecular weight is 473 g/mol. The molecule has 0 aliphatic heterocycles. The van der Waals surface area contributed by atoms with Gasteiger partial charge in [0.05, 0.1) is 11.5 Å². The minimum atomic E-state index is -3.82. The molecule has 9 heteroatoms. The van der Waals surface area contributed by atoms with Crippen molar-refractivity contribution in [3.8, 4) is 11.5 Å². The largest absolute Gasteiger partial charge is 0.494 e. The van der Waals surface area contributed by atoms with Gasteiger partial charge in [-0.25, -0.2) is 12.8 Å². The van der Waals surface area contributed by atoms with Gasteiger partial charge in [-0.3, -0.25) is 9.52 Å². The molecule has 1 amide bonds. The summed E-state index contributed by atoms with van der Waals surface area (Å²) in [4.78, 5) is 12.2. The number of carbonyl (C=O) groups is 1. The van der Waals surface area contributed by atoms with Crippen molar-refractivity contribution in [3.05, 3.63) is 77.6 Å². The minimum Gasteiger partial charge on any atom is -0.494 e. The Balaban J connectivity index is 1.63. The van der Waals surface area contributed by atoms with Crippen LogP contribution in [0.2, 0.25) is 0 Å². The maximum absolute atomic E-state index is 13.4. The van der Waals surface area contributed by atoms with Gasteiger partial charge in [0.15, 0.2) is 6.61 Å². The van der Waals surface area contributed by atoms with Gasteiger partial charge >= 0.3 is 0 Å². The van der Waals surface area contributed by atoms with Gasteiger partial charge in [0, 0.05) is 11.4 Å². The summed E-state index contributed by atoms with van der Waals surface area (Å²) in [5.41, 5.74) is 2.03. The average Bonchev–Trinajstić information content (AvgIpc) is 2.77. The molecule has 0 radical (unpaired) electrons. The van der Waals surface area contributed by atoms with Gasteiger partial charge in [-0.15, -0.1) is 0 Å². The van der Waals surface area contributed by atoms with E-state index in [9.17, 15) is 17.6 Å². The predicted molar refractivity (Wildman–Crippen MR) is 125 cm³/mol. The lowest BCUT2D eigenvalue weighted by Gasteiger charge is -2.13. The van der Waals surface area contributed by atoms with E-state index in [2.05, 4.69) is 10.0 Å². The molecule has 0 saturated heterocycles. The highest BCUT2D eigenvalue weighted by Gasteiger charge is 2.16. The van der Waals surface area contributed by atoms with E-state index < -0.39 is 21.7 Å². The van der Waals surface area contributed by atoms with Crippen LogP contribution in [0.15, 0.2) is 65.6 Å². The van der Waals surface area contributed by atoms with Crippen LogP contribution in [0.3, 0.4) is 0 Å². The van der Waals surface area contributed by atoms with Crippen molar-refractivity contribution in [2.24, 2.45) is 0 Å². The fraction of sp³-hybridized carbons (Fsp3) is 0.208. The summed E-state index contributed by atoms with van der Waals surface area (Å²) < 4.78 is 52.2. The molecule has 0 spiro atoms. The number of aryl methyl sites for hydroxylation is 2. The number of sulfonamides is 1. The lowest BCUT2D eigenvalue weighted by Crippen LogP contribution is -2.21. The van der Waals surface area contributed by atoms with Crippen molar-refractivity contribution >= 4 is 27.3 Å². The molecule has 3 aromatic rings. The first-order chi connectivity index (χ1) is 15.7. The molecule has 0 heterocycles. The van der Waals surface area contributed by atoms with E-state index in [-0.39, 0.29) is 11.5 Å². The second kappa shape index (κ2) is 10.4. The minimum absolute atomic E-state index is 0.0565. The van der Waals surface area contributed by atoms with Crippen molar-refractivity contribution in [2.45, 2.75) is 25.7 Å². The van der Waals surface area contributed by atoms with Gasteiger partial charge in [-0.05, 0) is 86.5 Å². The van der Waals surface area contributed by atoms with Crippen LogP contribution < -0.4 is 19.5 Å². The van der Waals surface area contributed by atoms with E-state index in [4.69, 9.17) is 9.47 Å². The van der Waals surface area contributed by atoms with Crippen molar-refractivity contribution in [1.82, 2.24) is 0 Å². The summed E-state index contributed by atoms with van der Waals surface area (Å²) >= 11 is 0. The number of anilines is 2. The predicted octanol–water partition coefficient (Wildman–Crippen LogP) is 4.66. The van der Waals surface area contributed by atoms with Gasteiger partial charge in [0.2, 0.25) is 0 Å². The number of halogens is 1. The highest BCUT2D eigenvalue weighted by Crippen LogP contribution is 2.25. The summed E-state index contributed by atoms with van der Waals surface area (Å²) in [6.07, 6.45) is 0. The van der Waals surface area contributed by atoms with Crippen LogP contribution in [-0.2, 0) is 14.8 Å². The van der Waals surface area contributed by atoms with Crippen molar-refractivity contribution < 1.29 is 27.1 Å². The highest BCUT2D eigenvalue weighted by molar-refractivity contribution is 7.92. The molecule has 3 rings (SSSR count). The summed E-state index contributed by atoms with van der Waals surface area (Å²) in [7, 11) is -3.82. The topological polar surface area (TPSA) is 93.7 Å². The van der Waals surface area contributed by atoms with Crippen LogP contribution in [0.4, 0.5) is 15.8 Å². The number of hydrogen-bond acceptors (Lipinski definition) is 5. The third-order valence-corrected chi connectivity index (χ3v) is 6.09. The van der Waals surface area contributed by atoms with Crippen LogP contribution in [-0.4, -0.2) is 27.5 Å². The number of nitrogens with one attached hydrogen (secondary N) is 2. The Bertz CT molecular complexity index is 1240. The van der Waals surface area contributed by atoms with Crippen LogP contribution in [0.1, 0.15) is 18.1 Å². The van der Waals surface area contributed by atoms with Crippen molar-refractivity contribution in [3.63, 3.8) is 0 Å². The Labute approximate surface area is 192 Å². The van der Waals surface area contributed by atoms with E-state index in [1.165, 1.54) is 30.3 Å². The highest BCUT2D eigenvalue weighted by atomic mass is 32.2. The van der Waals surface area contributed by atoms with E-state index in [0.717, 1.165) is 5.56 Å². The van der Waals surface area contributed by atoms with E-state index in [1.807, 2.05) is 6.92 Å². The van der Waals surface area contributed by atoms with Gasteiger partial charge in [0.25, 0.3) is 15.9 Å². The zero-order valence-corrected chi connectivity index (χ0v) is 19.3. The molecule has 0 atom stereocenters. The van der Waals surface area contributed by atoms with Crippen molar-refractivity contribution in [2.75, 3.05) is 23.3 Å². The van der Waals surface area contributed by atoms with Gasteiger partial charge in [-0.2, -0.15) is 0 Å². The number of amides is 1. The number of ether oxygens (including phenoxy) is 2. The number of benzene rings is 3. The quantitative estimate of drug-likeness (QED) is 0.473. The maximum Gasteiger partial charge on any atom is 0.262 e. The van der Waals surface area contributed by atoms with Gasteiger partial charge in [-0.1, -0.05) is 6.07 Å². The third kappa shape index (κ3) is 6.45. The molecule has 0 fully saturated rings. The van der Waals surface area contributed by atoms with E-state index in [0.29, 0.717) is 35.0 Å². The number of carbonyl (C=O) groups excluding carboxylic acids is 1. The Kier molecular flexibility index (Phi) is 7.55. The second-order valence-corrected chi connectivity index (χ2v) is 8.97. The van der Waals surface area contributed by atoms with Crippen LogP contribution in [0.25, 0.3) is 0 Å². The molecule has 0 aliphatic carbocycles. The fourth-order valence-corrected chi connectivity index (χ4v) is 4.15. The molecule has 2 N–H and O–H groups in total. The van der Waals surface area contributed by atoms with E-state index >= 15 is 0 Å². The summed E-state index contributed by atoms with van der Waals surface area (Å²) in [6.45, 7) is 5.50. The SMILES string of the molecule is CCOc1ccc(NS(=O)(=O)c2ccc(OCC(=O)Nc3cc(F)ccc3C)c(C)c2)cc1. The molecule has 7 nitrogen and oxygen atoms in total. The van der Waals surface area contributed by atoms with E-state index in [1.54, 1.807) is 44.2 Å². The number of hydrogen-bond donors (Lipinski definition) is 2. The van der Waals surface area contributed by atoms with Crippen LogP contribution in [0, 0.1) is 19.7 Å². The standard InChI is InChI=1S/C24H25FN2O5S/c1-4-31-20-9-7-19(8-10-20)27-33(29,30)21-11-12-23(17(3)13-21)32-15-24(28)26-22-14-18(25)6-5-16(22)2/h5-14,27H,4,15H2,1-3H3,(H,26,28). The summed E-state index contributed by atoms with van der Waals surface area (Å²) in [5, 5.41) is 2.60. The number of rotatable bonds is 9. The Morgan fingerprint density at radius 3 is 2.33 bits per heavy atom. The first kappa shape index (κ1) is 24.1. The zero-order chi connectivity index (χ0) is 24.0. The summed E-state index contributed by atoms with van der Waals surface area (Å²) in [6, 6.07) is 15.0. The lowest BCUT2D eigenvalue weighted by molar-refractivity contribution is -0.118. The molecule has 0 aromatic heterocycles.